The summed E-state index contributed by atoms with van der Waals surface area (Å²) < 4.78 is 27.6. The van der Waals surface area contributed by atoms with Crippen LogP contribution in [0.1, 0.15) is 29.8 Å². The molecular weight excluding hydrogens is 416 g/mol. The molecule has 0 spiro atoms. The molecule has 0 amide bonds. The summed E-state index contributed by atoms with van der Waals surface area (Å²) in [6.07, 6.45) is -4.25. The molecule has 1 fully saturated rings. The molecule has 8 heteroatoms. The van der Waals surface area contributed by atoms with Crippen LogP contribution in [0.5, 0.6) is 5.75 Å². The van der Waals surface area contributed by atoms with Crippen molar-refractivity contribution >= 4 is 5.97 Å². The van der Waals surface area contributed by atoms with Gasteiger partial charge in [0, 0.05) is 0 Å². The molecule has 1 aliphatic rings. The quantitative estimate of drug-likeness (QED) is 0.536. The maximum absolute atomic E-state index is 12.3. The molecular formula is C24H30O8. The summed E-state index contributed by atoms with van der Waals surface area (Å²) in [5.41, 5.74) is 1.21. The third-order valence-electron chi connectivity index (χ3n) is 5.12. The number of rotatable bonds is 10. The summed E-state index contributed by atoms with van der Waals surface area (Å²) in [5.74, 6) is -0.843. The molecule has 1 heterocycles. The third-order valence-corrected chi connectivity index (χ3v) is 5.12. The molecule has 1 saturated heterocycles. The molecule has 0 aromatic heterocycles. The normalized spacial score (nSPS) is 20.3. The number of carbonyl (C=O) groups excluding carboxylic acids is 1. The van der Waals surface area contributed by atoms with Crippen LogP contribution in [0.3, 0.4) is 0 Å². The van der Waals surface area contributed by atoms with E-state index in [1.165, 1.54) is 7.11 Å². The van der Waals surface area contributed by atoms with Crippen LogP contribution in [-0.4, -0.2) is 66.7 Å². The van der Waals surface area contributed by atoms with Gasteiger partial charge >= 0.3 is 5.97 Å². The lowest BCUT2D eigenvalue weighted by atomic mass is 10.0. The average Bonchev–Trinajstić information content (AvgIpc) is 3.17. The van der Waals surface area contributed by atoms with Crippen molar-refractivity contribution in [2.75, 3.05) is 20.3 Å². The molecule has 2 N–H and O–H groups in total. The van der Waals surface area contributed by atoms with E-state index in [-0.39, 0.29) is 13.2 Å². The van der Waals surface area contributed by atoms with E-state index in [1.54, 1.807) is 38.1 Å². The fourth-order valence-electron chi connectivity index (χ4n) is 3.36. The topological polar surface area (TPSA) is 104 Å². The Morgan fingerprint density at radius 3 is 2.41 bits per heavy atom. The third kappa shape index (κ3) is 6.51. The zero-order valence-corrected chi connectivity index (χ0v) is 18.5. The van der Waals surface area contributed by atoms with Crippen LogP contribution in [0, 0.1) is 0 Å². The molecule has 0 saturated carbocycles. The number of carbonyl (C=O) groups is 1. The van der Waals surface area contributed by atoms with Crippen LogP contribution in [-0.2, 0) is 25.6 Å². The van der Waals surface area contributed by atoms with Gasteiger partial charge in [-0.05, 0) is 43.7 Å². The van der Waals surface area contributed by atoms with Crippen molar-refractivity contribution in [3.8, 4) is 5.75 Å². The summed E-state index contributed by atoms with van der Waals surface area (Å²) in [6, 6.07) is 15.8. The van der Waals surface area contributed by atoms with Crippen LogP contribution in [0.25, 0.3) is 0 Å². The Kier molecular flexibility index (Phi) is 8.22. The van der Waals surface area contributed by atoms with E-state index in [9.17, 15) is 15.0 Å². The first-order chi connectivity index (χ1) is 15.3. The predicted molar refractivity (Wildman–Crippen MR) is 115 cm³/mol. The highest BCUT2D eigenvalue weighted by molar-refractivity contribution is 5.89. The SMILES string of the molecule is COc1ccc(C(=O)OC[C@@H](O)[C@H](O)[C@H](OCc2ccccc2)[C@@H]2COC(C)(C)O2)cc1. The predicted octanol–water partition coefficient (Wildman–Crippen LogP) is 2.31. The molecule has 4 atom stereocenters. The Balaban J connectivity index is 1.61. The molecule has 0 radical (unpaired) electrons. The van der Waals surface area contributed by atoms with Gasteiger partial charge in [-0.1, -0.05) is 30.3 Å². The fourth-order valence-corrected chi connectivity index (χ4v) is 3.36. The molecule has 2 aromatic rings. The summed E-state index contributed by atoms with van der Waals surface area (Å²) >= 11 is 0. The van der Waals surface area contributed by atoms with Gasteiger partial charge in [0.05, 0.1) is 25.9 Å². The van der Waals surface area contributed by atoms with Gasteiger partial charge in [-0.15, -0.1) is 0 Å². The molecule has 1 aliphatic heterocycles. The van der Waals surface area contributed by atoms with Crippen molar-refractivity contribution in [1.29, 1.82) is 0 Å². The number of aliphatic hydroxyl groups excluding tert-OH is 2. The van der Waals surface area contributed by atoms with Crippen LogP contribution in [0.4, 0.5) is 0 Å². The highest BCUT2D eigenvalue weighted by Gasteiger charge is 2.43. The lowest BCUT2D eigenvalue weighted by Crippen LogP contribution is -2.49. The molecule has 0 bridgehead atoms. The first kappa shape index (κ1) is 24.2. The maximum atomic E-state index is 12.3. The molecule has 2 aromatic carbocycles. The molecule has 8 nitrogen and oxygen atoms in total. The van der Waals surface area contributed by atoms with Crippen LogP contribution >= 0.6 is 0 Å². The van der Waals surface area contributed by atoms with Crippen molar-refractivity contribution in [3.05, 3.63) is 65.7 Å². The van der Waals surface area contributed by atoms with Crippen molar-refractivity contribution in [2.45, 2.75) is 50.7 Å². The number of aliphatic hydroxyl groups is 2. The molecule has 0 aliphatic carbocycles. The van der Waals surface area contributed by atoms with Crippen LogP contribution in [0.2, 0.25) is 0 Å². The Labute approximate surface area is 187 Å². The van der Waals surface area contributed by atoms with Gasteiger partial charge in [0.25, 0.3) is 0 Å². The first-order valence-corrected chi connectivity index (χ1v) is 10.4. The minimum Gasteiger partial charge on any atom is -0.497 e. The van der Waals surface area contributed by atoms with Crippen molar-refractivity contribution in [3.63, 3.8) is 0 Å². The van der Waals surface area contributed by atoms with Crippen molar-refractivity contribution < 1.29 is 38.7 Å². The second kappa shape index (κ2) is 10.9. The van der Waals surface area contributed by atoms with Gasteiger partial charge in [0.2, 0.25) is 0 Å². The minimum atomic E-state index is -1.38. The first-order valence-electron chi connectivity index (χ1n) is 10.4. The Bertz CT molecular complexity index is 852. The van der Waals surface area contributed by atoms with Gasteiger partial charge in [-0.25, -0.2) is 4.79 Å². The van der Waals surface area contributed by atoms with E-state index in [2.05, 4.69) is 0 Å². The molecule has 0 unspecified atom stereocenters. The lowest BCUT2D eigenvalue weighted by molar-refractivity contribution is -0.184. The highest BCUT2D eigenvalue weighted by Crippen LogP contribution is 2.28. The van der Waals surface area contributed by atoms with E-state index in [4.69, 9.17) is 23.7 Å². The second-order valence-corrected chi connectivity index (χ2v) is 8.01. The summed E-state index contributed by atoms with van der Waals surface area (Å²) in [7, 11) is 1.53. The van der Waals surface area contributed by atoms with E-state index in [0.29, 0.717) is 11.3 Å². The fraction of sp³-hybridized carbons (Fsp3) is 0.458. The largest absolute Gasteiger partial charge is 0.497 e. The standard InChI is InChI=1S/C24H30O8/c1-24(2)31-15-20(32-24)22(29-13-16-7-5-4-6-8-16)21(26)19(25)14-30-23(27)17-9-11-18(28-3)12-10-17/h4-12,19-22,25-26H,13-15H2,1-3H3/t19-,20+,21+,22-/m1/s1. The Hall–Kier alpha value is -2.49. The van der Waals surface area contributed by atoms with E-state index < -0.39 is 42.8 Å². The Morgan fingerprint density at radius 1 is 1.12 bits per heavy atom. The maximum Gasteiger partial charge on any atom is 0.338 e. The lowest BCUT2D eigenvalue weighted by Gasteiger charge is -2.31. The number of benzene rings is 2. The highest BCUT2D eigenvalue weighted by atomic mass is 16.7. The molecule has 174 valence electrons. The summed E-state index contributed by atoms with van der Waals surface area (Å²) in [4.78, 5) is 12.3. The van der Waals surface area contributed by atoms with Crippen molar-refractivity contribution in [1.82, 2.24) is 0 Å². The van der Waals surface area contributed by atoms with Crippen molar-refractivity contribution in [2.24, 2.45) is 0 Å². The average molecular weight is 446 g/mol. The van der Waals surface area contributed by atoms with E-state index in [0.717, 1.165) is 5.56 Å². The zero-order chi connectivity index (χ0) is 23.1. The number of hydrogen-bond acceptors (Lipinski definition) is 8. The van der Waals surface area contributed by atoms with Gasteiger partial charge in [-0.2, -0.15) is 0 Å². The van der Waals surface area contributed by atoms with Gasteiger partial charge in [0.15, 0.2) is 5.79 Å². The number of ether oxygens (including phenoxy) is 5. The summed E-state index contributed by atoms with van der Waals surface area (Å²) in [5, 5.41) is 21.3. The Morgan fingerprint density at radius 2 is 1.81 bits per heavy atom. The van der Waals surface area contributed by atoms with Crippen LogP contribution in [0.15, 0.2) is 54.6 Å². The smallest absolute Gasteiger partial charge is 0.338 e. The van der Waals surface area contributed by atoms with Crippen LogP contribution < -0.4 is 4.74 Å². The number of methoxy groups -OCH3 is 1. The van der Waals surface area contributed by atoms with Gasteiger partial charge in [0.1, 0.15) is 36.8 Å². The van der Waals surface area contributed by atoms with Gasteiger partial charge in [-0.3, -0.25) is 0 Å². The molecule has 3 rings (SSSR count). The zero-order valence-electron chi connectivity index (χ0n) is 18.5. The monoisotopic (exact) mass is 446 g/mol. The van der Waals surface area contributed by atoms with Gasteiger partial charge < -0.3 is 33.9 Å². The minimum absolute atomic E-state index is 0.196. The summed E-state index contributed by atoms with van der Waals surface area (Å²) in [6.45, 7) is 3.53. The number of esters is 1. The van der Waals surface area contributed by atoms with E-state index in [1.807, 2.05) is 30.3 Å². The van der Waals surface area contributed by atoms with E-state index >= 15 is 0 Å². The second-order valence-electron chi connectivity index (χ2n) is 8.01. The number of hydrogen-bond donors (Lipinski definition) is 2. The molecule has 32 heavy (non-hydrogen) atoms.